The number of carbonyl (C=O) groups is 2. The normalized spacial score (nSPS) is 32.1. The van der Waals surface area contributed by atoms with Gasteiger partial charge in [0.1, 0.15) is 6.04 Å². The van der Waals surface area contributed by atoms with Crippen molar-refractivity contribution in [2.24, 2.45) is 11.3 Å². The Balaban J connectivity index is 1.86. The third-order valence-corrected chi connectivity index (χ3v) is 6.73. The smallest absolute Gasteiger partial charge is 0.327 e. The first-order valence-corrected chi connectivity index (χ1v) is 9.02. The molecule has 21 heavy (non-hydrogen) atoms. The van der Waals surface area contributed by atoms with Crippen LogP contribution in [0.25, 0.3) is 0 Å². The number of carbonyl (C=O) groups excluding carboxylic acids is 1. The molecule has 2 saturated heterocycles. The molecule has 3 rings (SSSR count). The highest BCUT2D eigenvalue weighted by atomic mass is 32.2. The fourth-order valence-corrected chi connectivity index (χ4v) is 5.25. The van der Waals surface area contributed by atoms with Crippen molar-refractivity contribution >= 4 is 23.6 Å². The van der Waals surface area contributed by atoms with Gasteiger partial charge >= 0.3 is 5.97 Å². The van der Waals surface area contributed by atoms with Crippen molar-refractivity contribution in [1.82, 2.24) is 10.2 Å². The number of amides is 1. The first-order valence-electron chi connectivity index (χ1n) is 7.97. The summed E-state index contributed by atoms with van der Waals surface area (Å²) < 4.78 is 0. The molecule has 2 unspecified atom stereocenters. The van der Waals surface area contributed by atoms with Gasteiger partial charge in [0, 0.05) is 5.75 Å². The van der Waals surface area contributed by atoms with Crippen LogP contribution >= 0.6 is 11.8 Å². The molecule has 0 radical (unpaired) electrons. The Kier molecular flexibility index (Phi) is 4.19. The van der Waals surface area contributed by atoms with E-state index in [1.54, 1.807) is 16.7 Å². The van der Waals surface area contributed by atoms with Crippen molar-refractivity contribution in [3.05, 3.63) is 0 Å². The van der Waals surface area contributed by atoms with Crippen molar-refractivity contribution in [2.45, 2.75) is 50.4 Å². The number of piperidine rings is 1. The Bertz CT molecular complexity index is 433. The summed E-state index contributed by atoms with van der Waals surface area (Å²) in [6.45, 7) is 3.77. The molecule has 0 aromatic carbocycles. The predicted molar refractivity (Wildman–Crippen MR) is 82.1 cm³/mol. The second-order valence-corrected chi connectivity index (χ2v) is 7.66. The lowest BCUT2D eigenvalue weighted by molar-refractivity contribution is -0.156. The molecule has 2 atom stereocenters. The van der Waals surface area contributed by atoms with Crippen LogP contribution < -0.4 is 5.32 Å². The molecule has 0 aromatic rings. The fourth-order valence-electron chi connectivity index (χ4n) is 3.62. The number of carboxylic acids is 1. The molecule has 2 aliphatic heterocycles. The van der Waals surface area contributed by atoms with Gasteiger partial charge in [0.2, 0.25) is 5.91 Å². The molecule has 0 spiro atoms. The van der Waals surface area contributed by atoms with Gasteiger partial charge < -0.3 is 15.3 Å². The molecular weight excluding hydrogens is 288 g/mol. The fraction of sp³-hybridized carbons (Fsp3) is 0.867. The molecule has 3 aliphatic rings. The lowest BCUT2D eigenvalue weighted by Gasteiger charge is -2.41. The van der Waals surface area contributed by atoms with E-state index in [1.165, 1.54) is 0 Å². The summed E-state index contributed by atoms with van der Waals surface area (Å²) in [5.74, 6) is 0.305. The number of nitrogens with zero attached hydrogens (tertiary/aromatic N) is 1. The Labute approximate surface area is 129 Å². The number of hydrogen-bond acceptors (Lipinski definition) is 4. The van der Waals surface area contributed by atoms with Gasteiger partial charge in [-0.25, -0.2) is 4.79 Å². The van der Waals surface area contributed by atoms with Crippen molar-refractivity contribution in [2.75, 3.05) is 18.8 Å². The van der Waals surface area contributed by atoms with Crippen LogP contribution in [0, 0.1) is 11.3 Å². The second kappa shape index (κ2) is 5.80. The van der Waals surface area contributed by atoms with Crippen LogP contribution in [0.4, 0.5) is 0 Å². The average Bonchev–Trinajstić information content (AvgIpc) is 3.25. The minimum atomic E-state index is -0.848. The molecule has 1 saturated carbocycles. The largest absolute Gasteiger partial charge is 0.480 e. The SMILES string of the molecule is CCC1(C(=O)N2C(C(=O)O)CSC2C2CC2)CCNCC1. The van der Waals surface area contributed by atoms with Gasteiger partial charge in [-0.3, -0.25) is 4.79 Å². The Morgan fingerprint density at radius 3 is 2.52 bits per heavy atom. The summed E-state index contributed by atoms with van der Waals surface area (Å²) >= 11 is 1.67. The summed E-state index contributed by atoms with van der Waals surface area (Å²) in [4.78, 5) is 26.5. The number of hydrogen-bond donors (Lipinski definition) is 2. The lowest BCUT2D eigenvalue weighted by Crippen LogP contribution is -2.55. The zero-order valence-corrected chi connectivity index (χ0v) is 13.3. The van der Waals surface area contributed by atoms with E-state index in [0.717, 1.165) is 45.2 Å². The van der Waals surface area contributed by atoms with E-state index >= 15 is 0 Å². The number of carboxylic acid groups (broad SMARTS) is 1. The van der Waals surface area contributed by atoms with Crippen molar-refractivity contribution in [3.63, 3.8) is 0 Å². The van der Waals surface area contributed by atoms with Gasteiger partial charge in [-0.05, 0) is 51.1 Å². The third-order valence-electron chi connectivity index (χ3n) is 5.27. The molecule has 2 heterocycles. The summed E-state index contributed by atoms with van der Waals surface area (Å²) in [5.41, 5.74) is -0.350. The second-order valence-electron chi connectivity index (χ2n) is 6.51. The Hall–Kier alpha value is -0.750. The van der Waals surface area contributed by atoms with Crippen LogP contribution in [0.2, 0.25) is 0 Å². The van der Waals surface area contributed by atoms with Gasteiger partial charge in [-0.2, -0.15) is 0 Å². The zero-order chi connectivity index (χ0) is 15.0. The molecule has 5 nitrogen and oxygen atoms in total. The summed E-state index contributed by atoms with van der Waals surface area (Å²) in [7, 11) is 0. The molecule has 0 aromatic heterocycles. The number of thioether (sulfide) groups is 1. The van der Waals surface area contributed by atoms with Gasteiger partial charge in [-0.1, -0.05) is 6.92 Å². The molecule has 118 valence electrons. The minimum Gasteiger partial charge on any atom is -0.480 e. The van der Waals surface area contributed by atoms with E-state index in [2.05, 4.69) is 12.2 Å². The van der Waals surface area contributed by atoms with Gasteiger partial charge in [-0.15, -0.1) is 11.8 Å². The maximum absolute atomic E-state index is 13.2. The third kappa shape index (κ3) is 2.68. The van der Waals surface area contributed by atoms with Crippen LogP contribution in [-0.4, -0.2) is 52.1 Å². The molecule has 1 amide bonds. The summed E-state index contributed by atoms with van der Waals surface area (Å²) in [6, 6.07) is -0.633. The van der Waals surface area contributed by atoms with E-state index in [1.807, 2.05) is 0 Å². The first kappa shape index (κ1) is 15.2. The van der Waals surface area contributed by atoms with Crippen LogP contribution in [0.1, 0.15) is 39.0 Å². The van der Waals surface area contributed by atoms with Crippen LogP contribution in [0.3, 0.4) is 0 Å². The topological polar surface area (TPSA) is 69.6 Å². The van der Waals surface area contributed by atoms with Crippen molar-refractivity contribution in [3.8, 4) is 0 Å². The average molecular weight is 312 g/mol. The lowest BCUT2D eigenvalue weighted by atomic mass is 9.75. The zero-order valence-electron chi connectivity index (χ0n) is 12.5. The molecule has 6 heteroatoms. The van der Waals surface area contributed by atoms with Crippen LogP contribution in [0.5, 0.6) is 0 Å². The molecular formula is C15H24N2O3S. The van der Waals surface area contributed by atoms with E-state index < -0.39 is 12.0 Å². The van der Waals surface area contributed by atoms with Crippen molar-refractivity contribution < 1.29 is 14.7 Å². The standard InChI is InChI=1S/C15H24N2O3S/c1-2-15(5-7-16-8-6-15)14(20)17-11(13(18)19)9-21-12(17)10-3-4-10/h10-12,16H,2-9H2,1H3,(H,18,19). The number of nitrogens with one attached hydrogen (secondary N) is 1. The quantitative estimate of drug-likeness (QED) is 0.824. The highest BCUT2D eigenvalue weighted by molar-refractivity contribution is 8.00. The van der Waals surface area contributed by atoms with Crippen molar-refractivity contribution in [1.29, 1.82) is 0 Å². The highest BCUT2D eigenvalue weighted by Crippen LogP contribution is 2.48. The highest BCUT2D eigenvalue weighted by Gasteiger charge is 2.52. The number of aliphatic carboxylic acids is 1. The molecule has 3 fully saturated rings. The Morgan fingerprint density at radius 2 is 2.00 bits per heavy atom. The maximum atomic E-state index is 13.2. The van der Waals surface area contributed by atoms with E-state index in [4.69, 9.17) is 0 Å². The molecule has 1 aliphatic carbocycles. The minimum absolute atomic E-state index is 0.0944. The van der Waals surface area contributed by atoms with Crippen LogP contribution in [0.15, 0.2) is 0 Å². The maximum Gasteiger partial charge on any atom is 0.327 e. The summed E-state index contributed by atoms with van der Waals surface area (Å²) in [6.07, 6.45) is 4.72. The van der Waals surface area contributed by atoms with E-state index in [-0.39, 0.29) is 16.7 Å². The molecule has 2 N–H and O–H groups in total. The van der Waals surface area contributed by atoms with Gasteiger partial charge in [0.15, 0.2) is 0 Å². The number of rotatable bonds is 4. The summed E-state index contributed by atoms with van der Waals surface area (Å²) in [5, 5.41) is 12.9. The van der Waals surface area contributed by atoms with Gasteiger partial charge in [0.05, 0.1) is 10.8 Å². The Morgan fingerprint density at radius 1 is 1.33 bits per heavy atom. The first-order chi connectivity index (χ1) is 10.1. The van der Waals surface area contributed by atoms with Gasteiger partial charge in [0.25, 0.3) is 0 Å². The predicted octanol–water partition coefficient (Wildman–Crippen LogP) is 1.53. The monoisotopic (exact) mass is 312 g/mol. The van der Waals surface area contributed by atoms with E-state index in [0.29, 0.717) is 11.7 Å². The molecule has 0 bridgehead atoms. The van der Waals surface area contributed by atoms with E-state index in [9.17, 15) is 14.7 Å². The van der Waals surface area contributed by atoms with Crippen LogP contribution in [-0.2, 0) is 9.59 Å².